The van der Waals surface area contributed by atoms with Gasteiger partial charge in [-0.1, -0.05) is 0 Å². The zero-order valence-electron chi connectivity index (χ0n) is 14.5. The number of nitrogens with zero attached hydrogens (tertiary/aromatic N) is 3. The van der Waals surface area contributed by atoms with Gasteiger partial charge in [0.2, 0.25) is 11.8 Å². The summed E-state index contributed by atoms with van der Waals surface area (Å²) in [5.41, 5.74) is 2.70. The molecule has 0 bridgehead atoms. The molecule has 7 nitrogen and oxygen atoms in total. The van der Waals surface area contributed by atoms with Crippen LogP contribution in [-0.4, -0.2) is 56.2 Å². The van der Waals surface area contributed by atoms with Gasteiger partial charge in [-0.2, -0.15) is 16.9 Å². The number of aliphatic hydroxyl groups excluding tert-OH is 1. The zero-order valence-corrected chi connectivity index (χ0v) is 15.4. The van der Waals surface area contributed by atoms with Crippen molar-refractivity contribution in [1.82, 2.24) is 20.0 Å². The van der Waals surface area contributed by atoms with Crippen LogP contribution in [-0.2, 0) is 35.7 Å². The predicted molar refractivity (Wildman–Crippen MR) is 93.5 cm³/mol. The summed E-state index contributed by atoms with van der Waals surface area (Å²) in [6.07, 6.45) is 3.32. The summed E-state index contributed by atoms with van der Waals surface area (Å²) < 4.78 is 1.90. The first kappa shape index (κ1) is 18.8. The van der Waals surface area contributed by atoms with Crippen molar-refractivity contribution in [2.24, 2.45) is 0 Å². The number of aromatic nitrogens is 2. The third-order valence-corrected chi connectivity index (χ3v) is 4.91. The standard InChI is InChI=1S/C16H26N4O3S/c1-4-20-15-5-7-19(9-12(15)14(10-21)18-20)16(23)13(6-8-24-3)17-11(2)22/h13,21H,4-10H2,1-3H3,(H,17,22). The third kappa shape index (κ3) is 4.10. The van der Waals surface area contributed by atoms with Crippen molar-refractivity contribution < 1.29 is 14.7 Å². The van der Waals surface area contributed by atoms with Gasteiger partial charge in [-0.25, -0.2) is 0 Å². The molecule has 1 aliphatic rings. The molecule has 1 atom stereocenters. The number of hydrogen-bond donors (Lipinski definition) is 2. The monoisotopic (exact) mass is 354 g/mol. The molecule has 0 radical (unpaired) electrons. The number of carbonyl (C=O) groups excluding carboxylic acids is 2. The van der Waals surface area contributed by atoms with Gasteiger partial charge in [0.1, 0.15) is 6.04 Å². The zero-order chi connectivity index (χ0) is 17.7. The molecule has 2 N–H and O–H groups in total. The van der Waals surface area contributed by atoms with Gasteiger partial charge in [0.25, 0.3) is 0 Å². The molecule has 2 amide bonds. The molecule has 134 valence electrons. The van der Waals surface area contributed by atoms with E-state index in [2.05, 4.69) is 10.4 Å². The van der Waals surface area contributed by atoms with Crippen molar-refractivity contribution in [3.63, 3.8) is 0 Å². The first-order valence-corrected chi connectivity index (χ1v) is 9.64. The Labute approximate surface area is 146 Å². The van der Waals surface area contributed by atoms with Crippen LogP contribution in [0.1, 0.15) is 37.2 Å². The summed E-state index contributed by atoms with van der Waals surface area (Å²) >= 11 is 1.65. The molecule has 1 unspecified atom stereocenters. The van der Waals surface area contributed by atoms with Crippen LogP contribution in [0.3, 0.4) is 0 Å². The van der Waals surface area contributed by atoms with Crippen LogP contribution in [0.15, 0.2) is 0 Å². The Hall–Kier alpha value is -1.54. The molecule has 0 saturated heterocycles. The van der Waals surface area contributed by atoms with Gasteiger partial charge in [0.15, 0.2) is 0 Å². The van der Waals surface area contributed by atoms with Crippen molar-refractivity contribution in [2.45, 2.75) is 52.4 Å². The molecule has 0 aliphatic carbocycles. The van der Waals surface area contributed by atoms with Crippen LogP contribution in [0, 0.1) is 0 Å². The van der Waals surface area contributed by atoms with Crippen LogP contribution in [0.5, 0.6) is 0 Å². The van der Waals surface area contributed by atoms with Crippen LogP contribution in [0.4, 0.5) is 0 Å². The Morgan fingerprint density at radius 3 is 2.79 bits per heavy atom. The highest BCUT2D eigenvalue weighted by atomic mass is 32.2. The number of aliphatic hydroxyl groups is 1. The number of aryl methyl sites for hydroxylation is 1. The average molecular weight is 354 g/mol. The quantitative estimate of drug-likeness (QED) is 0.746. The summed E-state index contributed by atoms with van der Waals surface area (Å²) in [7, 11) is 0. The van der Waals surface area contributed by atoms with Crippen molar-refractivity contribution in [2.75, 3.05) is 18.6 Å². The average Bonchev–Trinajstić information content (AvgIpc) is 2.94. The molecule has 0 spiro atoms. The highest BCUT2D eigenvalue weighted by Crippen LogP contribution is 2.23. The van der Waals surface area contributed by atoms with Crippen LogP contribution in [0.25, 0.3) is 0 Å². The lowest BCUT2D eigenvalue weighted by molar-refractivity contribution is -0.137. The molecular weight excluding hydrogens is 328 g/mol. The van der Waals surface area contributed by atoms with Crippen LogP contribution in [0.2, 0.25) is 0 Å². The van der Waals surface area contributed by atoms with Gasteiger partial charge in [-0.05, 0) is 25.4 Å². The largest absolute Gasteiger partial charge is 0.390 e. The van der Waals surface area contributed by atoms with E-state index in [-0.39, 0.29) is 18.4 Å². The van der Waals surface area contributed by atoms with Gasteiger partial charge < -0.3 is 15.3 Å². The van der Waals surface area contributed by atoms with E-state index < -0.39 is 6.04 Å². The lowest BCUT2D eigenvalue weighted by Crippen LogP contribution is -2.49. The molecule has 1 aliphatic heterocycles. The Balaban J connectivity index is 2.16. The van der Waals surface area contributed by atoms with Crippen LogP contribution < -0.4 is 5.32 Å². The van der Waals surface area contributed by atoms with E-state index in [4.69, 9.17) is 0 Å². The summed E-state index contributed by atoms with van der Waals surface area (Å²) in [6.45, 7) is 5.12. The highest BCUT2D eigenvalue weighted by molar-refractivity contribution is 7.98. The number of amides is 2. The molecule has 24 heavy (non-hydrogen) atoms. The normalized spacial score (nSPS) is 15.1. The van der Waals surface area contributed by atoms with Gasteiger partial charge in [-0.3, -0.25) is 14.3 Å². The highest BCUT2D eigenvalue weighted by Gasteiger charge is 2.30. The fourth-order valence-electron chi connectivity index (χ4n) is 3.10. The first-order chi connectivity index (χ1) is 11.5. The van der Waals surface area contributed by atoms with Gasteiger partial charge in [0, 0.05) is 44.2 Å². The van der Waals surface area contributed by atoms with Gasteiger partial charge in [0.05, 0.1) is 12.3 Å². The molecule has 8 heteroatoms. The Kier molecular flexibility index (Phi) is 6.68. The summed E-state index contributed by atoms with van der Waals surface area (Å²) in [6, 6.07) is -0.490. The van der Waals surface area contributed by atoms with Crippen molar-refractivity contribution in [3.8, 4) is 0 Å². The van der Waals surface area contributed by atoms with Crippen molar-refractivity contribution in [3.05, 3.63) is 17.0 Å². The second kappa shape index (κ2) is 8.53. The maximum Gasteiger partial charge on any atom is 0.245 e. The molecule has 1 aromatic rings. The molecule has 1 aromatic heterocycles. The molecule has 2 heterocycles. The lowest BCUT2D eigenvalue weighted by Gasteiger charge is -2.31. The SMILES string of the molecule is CCn1nc(CO)c2c1CCN(C(=O)C(CCSC)NC(C)=O)C2. The summed E-state index contributed by atoms with van der Waals surface area (Å²) in [5.74, 6) is 0.561. The molecule has 0 fully saturated rings. The predicted octanol–water partition coefficient (Wildman–Crippen LogP) is 0.538. The summed E-state index contributed by atoms with van der Waals surface area (Å²) in [4.78, 5) is 26.0. The minimum absolute atomic E-state index is 0.0574. The number of nitrogens with one attached hydrogen (secondary N) is 1. The fourth-order valence-corrected chi connectivity index (χ4v) is 3.57. The smallest absolute Gasteiger partial charge is 0.245 e. The fraction of sp³-hybridized carbons (Fsp3) is 0.688. The van der Waals surface area contributed by atoms with E-state index in [1.54, 1.807) is 16.7 Å². The van der Waals surface area contributed by atoms with E-state index >= 15 is 0 Å². The lowest BCUT2D eigenvalue weighted by atomic mass is 10.0. The van der Waals surface area contributed by atoms with Crippen molar-refractivity contribution >= 4 is 23.6 Å². The number of rotatable bonds is 7. The van der Waals surface area contributed by atoms with E-state index in [9.17, 15) is 14.7 Å². The third-order valence-electron chi connectivity index (χ3n) is 4.26. The Morgan fingerprint density at radius 2 is 2.21 bits per heavy atom. The molecule has 2 rings (SSSR count). The van der Waals surface area contributed by atoms with E-state index in [1.807, 2.05) is 17.9 Å². The number of fused-ring (bicyclic) bond motifs is 1. The second-order valence-electron chi connectivity index (χ2n) is 5.89. The van der Waals surface area contributed by atoms with E-state index in [1.165, 1.54) is 6.92 Å². The number of thioether (sulfide) groups is 1. The van der Waals surface area contributed by atoms with E-state index in [0.717, 1.165) is 30.0 Å². The van der Waals surface area contributed by atoms with Gasteiger partial charge >= 0.3 is 0 Å². The van der Waals surface area contributed by atoms with E-state index in [0.29, 0.717) is 25.2 Å². The Morgan fingerprint density at radius 1 is 1.46 bits per heavy atom. The first-order valence-electron chi connectivity index (χ1n) is 8.24. The number of hydrogen-bond acceptors (Lipinski definition) is 5. The second-order valence-corrected chi connectivity index (χ2v) is 6.88. The topological polar surface area (TPSA) is 87.5 Å². The molecule has 0 saturated carbocycles. The minimum atomic E-state index is -0.490. The maximum atomic E-state index is 12.8. The Bertz CT molecular complexity index is 602. The number of carbonyl (C=O) groups is 2. The summed E-state index contributed by atoms with van der Waals surface area (Å²) in [5, 5.41) is 16.7. The van der Waals surface area contributed by atoms with Gasteiger partial charge in [-0.15, -0.1) is 0 Å². The maximum absolute atomic E-state index is 12.8. The molecule has 0 aromatic carbocycles. The molecular formula is C16H26N4O3S. The minimum Gasteiger partial charge on any atom is -0.390 e. The van der Waals surface area contributed by atoms with Crippen molar-refractivity contribution in [1.29, 1.82) is 0 Å². The van der Waals surface area contributed by atoms with Crippen LogP contribution >= 0.6 is 11.8 Å².